The van der Waals surface area contributed by atoms with Crippen molar-refractivity contribution in [3.05, 3.63) is 54.0 Å². The van der Waals surface area contributed by atoms with Crippen molar-refractivity contribution < 1.29 is 26.5 Å². The van der Waals surface area contributed by atoms with Crippen molar-refractivity contribution in [2.75, 3.05) is 19.0 Å². The highest BCUT2D eigenvalue weighted by Gasteiger charge is 2.50. The summed E-state index contributed by atoms with van der Waals surface area (Å²) in [6, 6.07) is 8.75. The van der Waals surface area contributed by atoms with Gasteiger partial charge in [-0.3, -0.25) is 10.1 Å². The van der Waals surface area contributed by atoms with Crippen LogP contribution in [-0.4, -0.2) is 70.9 Å². The van der Waals surface area contributed by atoms with E-state index in [1.807, 2.05) is 6.07 Å². The van der Waals surface area contributed by atoms with Crippen molar-refractivity contribution >= 4 is 25.8 Å². The average molecular weight is 503 g/mol. The summed E-state index contributed by atoms with van der Waals surface area (Å²) in [4.78, 5) is 21.3. The van der Waals surface area contributed by atoms with E-state index in [-0.39, 0.29) is 23.5 Å². The molecule has 11 heteroatoms. The zero-order valence-electron chi connectivity index (χ0n) is 22.5. The predicted octanol–water partition coefficient (Wildman–Crippen LogP) is 3.21. The van der Waals surface area contributed by atoms with Gasteiger partial charge in [0.25, 0.3) is 5.91 Å². The maximum absolute atomic E-state index is 12.7. The molecular weight excluding hydrogens is 466 g/mol. The molecule has 1 aliphatic heterocycles. The van der Waals surface area contributed by atoms with Gasteiger partial charge >= 0.3 is 0 Å². The highest BCUT2D eigenvalue weighted by atomic mass is 28.4. The molecular formula is C24H33N5O5Si. The molecule has 3 aromatic rings. The normalized spacial score (nSPS) is 24.7. The zero-order valence-corrected chi connectivity index (χ0v) is 21.5. The second-order valence-corrected chi connectivity index (χ2v) is 14.9. The minimum absolute atomic E-state index is 0.128. The summed E-state index contributed by atoms with van der Waals surface area (Å²) in [6.45, 7) is 10.3. The molecule has 10 nitrogen and oxygen atoms in total. The van der Waals surface area contributed by atoms with Crippen molar-refractivity contribution in [2.45, 2.75) is 63.3 Å². The Balaban J connectivity index is 1.67. The van der Waals surface area contributed by atoms with Crippen molar-refractivity contribution in [2.24, 2.45) is 0 Å². The largest absolute Gasteiger partial charge is 0.408 e. The number of hydrogen-bond donors (Lipinski definition) is 2. The number of anilines is 1. The van der Waals surface area contributed by atoms with Crippen molar-refractivity contribution in [1.29, 1.82) is 0 Å². The molecule has 1 fully saturated rings. The van der Waals surface area contributed by atoms with Crippen LogP contribution in [0.1, 0.15) is 45.5 Å². The SMILES string of the molecule is [2H]C([3H])OCC1OC(c2cnn3c(NC(=O)c4ccccc4)ncnc23)C(O[Si](C)(C)C(C)(C)C)C1O. The lowest BCUT2D eigenvalue weighted by molar-refractivity contribution is -0.0336. The van der Waals surface area contributed by atoms with Gasteiger partial charge in [0.05, 0.1) is 15.5 Å². The second kappa shape index (κ2) is 9.74. The third kappa shape index (κ3) is 5.00. The molecule has 188 valence electrons. The van der Waals surface area contributed by atoms with E-state index < -0.39 is 39.8 Å². The van der Waals surface area contributed by atoms with Crippen molar-refractivity contribution in [3.63, 3.8) is 0 Å². The summed E-state index contributed by atoms with van der Waals surface area (Å²) >= 11 is 0. The Kier molecular flexibility index (Phi) is 6.33. The number of nitrogens with zero attached hydrogens (tertiary/aromatic N) is 4. The van der Waals surface area contributed by atoms with Gasteiger partial charge in [0.2, 0.25) is 5.95 Å². The number of methoxy groups -OCH3 is 1. The smallest absolute Gasteiger partial charge is 0.258 e. The number of aliphatic hydroxyl groups excluding tert-OH is 1. The molecule has 35 heavy (non-hydrogen) atoms. The third-order valence-electron chi connectivity index (χ3n) is 6.73. The number of aromatic nitrogens is 4. The summed E-state index contributed by atoms with van der Waals surface area (Å²) in [5, 5.41) is 18.2. The minimum Gasteiger partial charge on any atom is -0.408 e. The first kappa shape index (κ1) is 22.7. The molecule has 2 N–H and O–H groups in total. The number of fused-ring (bicyclic) bond motifs is 1. The van der Waals surface area contributed by atoms with E-state index >= 15 is 0 Å². The molecule has 1 amide bonds. The molecule has 3 heterocycles. The van der Waals surface area contributed by atoms with E-state index in [1.54, 1.807) is 30.5 Å². The molecule has 0 saturated carbocycles. The summed E-state index contributed by atoms with van der Waals surface area (Å²) in [6.07, 6.45) is -0.504. The van der Waals surface area contributed by atoms with Gasteiger partial charge in [-0.15, -0.1) is 0 Å². The summed E-state index contributed by atoms with van der Waals surface area (Å²) in [5.41, 5.74) is 1.41. The van der Waals surface area contributed by atoms with Crippen LogP contribution in [0.5, 0.6) is 0 Å². The van der Waals surface area contributed by atoms with Gasteiger partial charge in [-0.1, -0.05) is 39.0 Å². The Hall–Kier alpha value is -2.70. The van der Waals surface area contributed by atoms with Gasteiger partial charge in [-0.25, -0.2) is 9.97 Å². The van der Waals surface area contributed by atoms with Crippen LogP contribution >= 0.6 is 0 Å². The van der Waals surface area contributed by atoms with Crippen molar-refractivity contribution in [3.8, 4) is 0 Å². The van der Waals surface area contributed by atoms with Crippen LogP contribution in [-0.2, 0) is 13.9 Å². The van der Waals surface area contributed by atoms with Gasteiger partial charge in [-0.2, -0.15) is 9.61 Å². The fourth-order valence-electron chi connectivity index (χ4n) is 3.75. The molecule has 0 radical (unpaired) electrons. The van der Waals surface area contributed by atoms with E-state index in [0.29, 0.717) is 16.8 Å². The van der Waals surface area contributed by atoms with E-state index in [2.05, 4.69) is 54.2 Å². The number of benzene rings is 1. The molecule has 0 spiro atoms. The van der Waals surface area contributed by atoms with Crippen LogP contribution in [0.4, 0.5) is 5.95 Å². The maximum Gasteiger partial charge on any atom is 0.258 e. The van der Waals surface area contributed by atoms with Crippen LogP contribution in [0.3, 0.4) is 0 Å². The molecule has 4 rings (SSSR count). The topological polar surface area (TPSA) is 120 Å². The summed E-state index contributed by atoms with van der Waals surface area (Å²) in [7, 11) is -3.85. The van der Waals surface area contributed by atoms with Gasteiger partial charge in [0.15, 0.2) is 14.0 Å². The summed E-state index contributed by atoms with van der Waals surface area (Å²) < 4.78 is 34.0. The van der Waals surface area contributed by atoms with Gasteiger partial charge < -0.3 is 19.0 Å². The number of ether oxygens (including phenoxy) is 2. The van der Waals surface area contributed by atoms with Crippen LogP contribution < -0.4 is 5.32 Å². The predicted molar refractivity (Wildman–Crippen MR) is 133 cm³/mol. The first-order valence-corrected chi connectivity index (χ1v) is 14.3. The zero-order chi connectivity index (χ0) is 27.0. The van der Waals surface area contributed by atoms with Crippen LogP contribution in [0.25, 0.3) is 5.65 Å². The Morgan fingerprint density at radius 2 is 2.09 bits per heavy atom. The molecule has 1 aromatic carbocycles. The van der Waals surface area contributed by atoms with Crippen molar-refractivity contribution in [1.82, 2.24) is 19.6 Å². The molecule has 1 saturated heterocycles. The molecule has 2 aromatic heterocycles. The van der Waals surface area contributed by atoms with E-state index in [0.717, 1.165) is 0 Å². The first-order chi connectivity index (χ1) is 17.4. The Labute approximate surface area is 208 Å². The number of hydrogen-bond acceptors (Lipinski definition) is 8. The number of rotatable bonds is 7. The lowest BCUT2D eigenvalue weighted by Gasteiger charge is -2.40. The standard InChI is InChI=1S/C24H33N5O5Si/c1-24(2,3)35(5,6)34-20-18(30)17(13-32-4)33-19(20)16-12-27-29-21(16)25-14-26-23(29)28-22(31)15-10-8-7-9-11-15/h7-12,14,17-20,30H,13H2,1-6H3,(H,25,26,28,31)/i4TD. The molecule has 0 aliphatic carbocycles. The highest BCUT2D eigenvalue weighted by Crippen LogP contribution is 2.44. The quantitative estimate of drug-likeness (QED) is 0.473. The van der Waals surface area contributed by atoms with Gasteiger partial charge in [0, 0.05) is 18.2 Å². The summed E-state index contributed by atoms with van der Waals surface area (Å²) in [5.74, 6) is -0.168. The Morgan fingerprint density at radius 3 is 2.77 bits per heavy atom. The average Bonchev–Trinajstić information content (AvgIpc) is 3.39. The Morgan fingerprint density at radius 1 is 1.34 bits per heavy atom. The minimum atomic E-state index is -2.35. The van der Waals surface area contributed by atoms with Crippen LogP contribution in [0.2, 0.25) is 18.1 Å². The second-order valence-electron chi connectivity index (χ2n) is 10.1. The lowest BCUT2D eigenvalue weighted by Crippen LogP contribution is -2.48. The van der Waals surface area contributed by atoms with Crippen LogP contribution in [0, 0.1) is 0 Å². The lowest BCUT2D eigenvalue weighted by atomic mass is 10.0. The fourth-order valence-corrected chi connectivity index (χ4v) is 5.05. The molecule has 5 unspecified atom stereocenters. The fraction of sp³-hybridized carbons (Fsp3) is 0.500. The van der Waals surface area contributed by atoms with E-state index in [1.165, 1.54) is 10.8 Å². The Bertz CT molecular complexity index is 1240. The van der Waals surface area contributed by atoms with Crippen LogP contribution in [0.15, 0.2) is 42.9 Å². The number of aliphatic hydroxyl groups is 1. The van der Waals surface area contributed by atoms with Gasteiger partial charge in [-0.05, 0) is 30.3 Å². The number of carbonyl (C=O) groups is 1. The maximum atomic E-state index is 12.7. The van der Waals surface area contributed by atoms with E-state index in [9.17, 15) is 9.90 Å². The van der Waals surface area contributed by atoms with E-state index in [4.69, 9.17) is 16.6 Å². The molecule has 5 atom stereocenters. The molecule has 0 bridgehead atoms. The van der Waals surface area contributed by atoms with Gasteiger partial charge in [0.1, 0.15) is 30.7 Å². The highest BCUT2D eigenvalue weighted by molar-refractivity contribution is 6.74. The number of amides is 1. The first-order valence-electron chi connectivity index (χ1n) is 12.6. The number of nitrogens with one attached hydrogen (secondary N) is 1. The number of carbonyl (C=O) groups excluding carboxylic acids is 1. The third-order valence-corrected chi connectivity index (χ3v) is 11.2. The monoisotopic (exact) mass is 502 g/mol. The molecule has 1 aliphatic rings.